The van der Waals surface area contributed by atoms with Crippen molar-refractivity contribution in [3.63, 3.8) is 0 Å². The van der Waals surface area contributed by atoms with Crippen molar-refractivity contribution >= 4 is 26.9 Å². The van der Waals surface area contributed by atoms with E-state index >= 15 is 0 Å². The Morgan fingerprint density at radius 2 is 1.47 bits per heavy atom. The minimum Gasteiger partial charge on any atom is -0.375 e. The summed E-state index contributed by atoms with van der Waals surface area (Å²) in [7, 11) is -1.13. The van der Waals surface area contributed by atoms with Crippen molar-refractivity contribution in [1.29, 1.82) is 0 Å². The Morgan fingerprint density at radius 3 is 2.03 bits per heavy atom. The summed E-state index contributed by atoms with van der Waals surface area (Å²) in [4.78, 5) is 12.6. The molecule has 0 saturated heterocycles. The number of benzene rings is 2. The fourth-order valence-corrected chi connectivity index (χ4v) is 3.47. The Labute approximate surface area is 191 Å². The molecule has 0 aliphatic rings. The molecule has 2 aromatic carbocycles. The second-order valence-corrected chi connectivity index (χ2v) is 9.88. The van der Waals surface area contributed by atoms with Crippen LogP contribution in [0.1, 0.15) is 32.6 Å². The molecule has 0 aliphatic heterocycles. The van der Waals surface area contributed by atoms with Crippen LogP contribution in [0.3, 0.4) is 0 Å². The highest BCUT2D eigenvalue weighted by Gasteiger charge is 2.06. The summed E-state index contributed by atoms with van der Waals surface area (Å²) < 4.78 is 23.0. The number of azo groups is 1. The first-order valence-corrected chi connectivity index (χ1v) is 12.6. The van der Waals surface area contributed by atoms with Crippen molar-refractivity contribution in [3.05, 3.63) is 60.7 Å². The smallest absolute Gasteiger partial charge is 0.175 e. The number of sulfone groups is 1. The molecule has 7 nitrogen and oxygen atoms in total. The van der Waals surface area contributed by atoms with E-state index in [1.807, 2.05) is 31.2 Å². The average molecular weight is 460 g/mol. The molecule has 8 heteroatoms. The van der Waals surface area contributed by atoms with Gasteiger partial charge in [-0.05, 0) is 68.3 Å². The van der Waals surface area contributed by atoms with E-state index in [2.05, 4.69) is 28.8 Å². The molecular weight excluding hydrogens is 426 g/mol. The lowest BCUT2D eigenvalue weighted by Crippen LogP contribution is -2.18. The van der Waals surface area contributed by atoms with Gasteiger partial charge in [-0.1, -0.05) is 25.0 Å². The zero-order chi connectivity index (χ0) is 23.4. The van der Waals surface area contributed by atoms with Crippen LogP contribution in [0.5, 0.6) is 0 Å². The molecule has 0 radical (unpaired) electrons. The number of hydrogen-bond acceptors (Lipinski definition) is 7. The van der Waals surface area contributed by atoms with Gasteiger partial charge in [0, 0.05) is 25.5 Å². The summed E-state index contributed by atoms with van der Waals surface area (Å²) in [5.74, 6) is 0. The van der Waals surface area contributed by atoms with Gasteiger partial charge in [0.05, 0.1) is 22.9 Å². The number of rotatable bonds is 14. The molecule has 0 spiro atoms. The Balaban J connectivity index is 1.70. The molecule has 2 aromatic rings. The molecule has 0 fully saturated rings. The molecule has 2 rings (SSSR count). The Hall–Kier alpha value is -2.55. The van der Waals surface area contributed by atoms with Gasteiger partial charge in [0.25, 0.3) is 0 Å². The Bertz CT molecular complexity index is 971. The second-order valence-electron chi connectivity index (χ2n) is 7.86. The maximum absolute atomic E-state index is 11.5. The van der Waals surface area contributed by atoms with Crippen LogP contribution in [0.4, 0.5) is 17.1 Å². The van der Waals surface area contributed by atoms with Crippen molar-refractivity contribution in [2.45, 2.75) is 37.5 Å². The summed E-state index contributed by atoms with van der Waals surface area (Å²) in [6, 6.07) is 14.2. The van der Waals surface area contributed by atoms with Crippen molar-refractivity contribution in [2.75, 3.05) is 38.0 Å². The minimum absolute atomic E-state index is 0.268. The molecule has 0 bridgehead atoms. The van der Waals surface area contributed by atoms with E-state index in [1.54, 1.807) is 12.1 Å². The van der Waals surface area contributed by atoms with Gasteiger partial charge in [-0.2, -0.15) is 10.2 Å². The highest BCUT2D eigenvalue weighted by Crippen LogP contribution is 2.23. The van der Waals surface area contributed by atoms with E-state index in [0.717, 1.165) is 49.2 Å². The van der Waals surface area contributed by atoms with E-state index in [0.29, 0.717) is 18.9 Å². The highest BCUT2D eigenvalue weighted by molar-refractivity contribution is 7.90. The molecule has 0 unspecified atom stereocenters. The summed E-state index contributed by atoms with van der Waals surface area (Å²) in [6.07, 6.45) is 5.51. The van der Waals surface area contributed by atoms with Crippen LogP contribution in [0, 0.1) is 0 Å². The first-order chi connectivity index (χ1) is 15.3. The third-order valence-corrected chi connectivity index (χ3v) is 5.82. The van der Waals surface area contributed by atoms with Crippen molar-refractivity contribution < 1.29 is 18.2 Å². The van der Waals surface area contributed by atoms with E-state index in [4.69, 9.17) is 9.78 Å². The number of anilines is 1. The standard InChI is InChI=1S/C24H33N3O4S/c1-20(2)19-31-30-18-8-6-5-7-17-27(3)23-13-9-21(10-14-23)25-26-22-11-15-24(16-12-22)32(4,28)29/h9-16H,1,5-8,17-19H2,2-4H3. The topological polar surface area (TPSA) is 80.6 Å². The van der Waals surface area contributed by atoms with Gasteiger partial charge in [-0.15, -0.1) is 0 Å². The van der Waals surface area contributed by atoms with Gasteiger partial charge >= 0.3 is 0 Å². The minimum atomic E-state index is -3.21. The van der Waals surface area contributed by atoms with Crippen molar-refractivity contribution in [2.24, 2.45) is 10.2 Å². The van der Waals surface area contributed by atoms with Crippen LogP contribution in [0.15, 0.2) is 75.8 Å². The summed E-state index contributed by atoms with van der Waals surface area (Å²) in [5.41, 5.74) is 3.41. The largest absolute Gasteiger partial charge is 0.375 e. The van der Waals surface area contributed by atoms with Crippen molar-refractivity contribution in [3.8, 4) is 0 Å². The average Bonchev–Trinajstić information content (AvgIpc) is 2.76. The lowest BCUT2D eigenvalue weighted by Gasteiger charge is -2.19. The maximum atomic E-state index is 11.5. The van der Waals surface area contributed by atoms with Gasteiger partial charge in [0.1, 0.15) is 6.61 Å². The molecule has 0 aromatic heterocycles. The van der Waals surface area contributed by atoms with Gasteiger partial charge in [0.15, 0.2) is 9.84 Å². The number of unbranched alkanes of at least 4 members (excludes halogenated alkanes) is 3. The van der Waals surface area contributed by atoms with E-state index in [9.17, 15) is 8.42 Å². The predicted octanol–water partition coefficient (Wildman–Crippen LogP) is 6.03. The molecule has 0 aliphatic carbocycles. The molecule has 0 saturated carbocycles. The van der Waals surface area contributed by atoms with Crippen LogP contribution in [0.2, 0.25) is 0 Å². The van der Waals surface area contributed by atoms with Crippen molar-refractivity contribution in [1.82, 2.24) is 0 Å². The normalized spacial score (nSPS) is 11.7. The van der Waals surface area contributed by atoms with Crippen LogP contribution in [-0.4, -0.2) is 41.5 Å². The first-order valence-electron chi connectivity index (χ1n) is 10.7. The molecule has 32 heavy (non-hydrogen) atoms. The quantitative estimate of drug-likeness (QED) is 0.113. The third-order valence-electron chi connectivity index (χ3n) is 4.70. The van der Waals surface area contributed by atoms with E-state index < -0.39 is 9.84 Å². The monoisotopic (exact) mass is 459 g/mol. The van der Waals surface area contributed by atoms with Gasteiger partial charge in [-0.3, -0.25) is 0 Å². The fraction of sp³-hybridized carbons (Fsp3) is 0.417. The lowest BCUT2D eigenvalue weighted by atomic mass is 10.2. The van der Waals surface area contributed by atoms with E-state index in [1.165, 1.54) is 18.4 Å². The summed E-state index contributed by atoms with van der Waals surface area (Å²) >= 11 is 0. The van der Waals surface area contributed by atoms with Crippen LogP contribution in [0.25, 0.3) is 0 Å². The molecule has 0 atom stereocenters. The van der Waals surface area contributed by atoms with Gasteiger partial charge in [-0.25, -0.2) is 18.2 Å². The Morgan fingerprint density at radius 1 is 0.906 bits per heavy atom. The zero-order valence-corrected chi connectivity index (χ0v) is 20.0. The lowest BCUT2D eigenvalue weighted by molar-refractivity contribution is -0.288. The third kappa shape index (κ3) is 9.72. The summed E-state index contributed by atoms with van der Waals surface area (Å²) in [6.45, 7) is 7.69. The molecular formula is C24H33N3O4S. The first kappa shape index (κ1) is 25.7. The van der Waals surface area contributed by atoms with Crippen LogP contribution < -0.4 is 4.90 Å². The zero-order valence-electron chi connectivity index (χ0n) is 19.2. The molecule has 174 valence electrons. The molecule has 0 heterocycles. The van der Waals surface area contributed by atoms with Gasteiger partial charge < -0.3 is 4.90 Å². The SMILES string of the molecule is C=C(C)COOCCCCCCN(C)c1ccc(N=Nc2ccc(S(C)(=O)=O)cc2)cc1. The van der Waals surface area contributed by atoms with Crippen LogP contribution in [-0.2, 0) is 19.6 Å². The van der Waals surface area contributed by atoms with Crippen LogP contribution >= 0.6 is 0 Å². The highest BCUT2D eigenvalue weighted by atomic mass is 32.2. The fourth-order valence-electron chi connectivity index (χ4n) is 2.84. The second kappa shape index (κ2) is 13.1. The van der Waals surface area contributed by atoms with E-state index in [-0.39, 0.29) is 4.90 Å². The molecule has 0 N–H and O–H groups in total. The molecule has 0 amide bonds. The Kier molecular flexibility index (Phi) is 10.5. The maximum Gasteiger partial charge on any atom is 0.175 e. The predicted molar refractivity (Wildman–Crippen MR) is 129 cm³/mol. The number of hydrogen-bond donors (Lipinski definition) is 0. The summed E-state index contributed by atoms with van der Waals surface area (Å²) in [5, 5.41) is 8.40. The number of nitrogens with zero attached hydrogens (tertiary/aromatic N) is 3. The van der Waals surface area contributed by atoms with Gasteiger partial charge in [0.2, 0.25) is 0 Å².